The minimum Gasteiger partial charge on any atom is -0.475 e. The first kappa shape index (κ1) is 27.1. The number of carbonyl (C=O) groups is 1. The van der Waals surface area contributed by atoms with Crippen LogP contribution in [0.15, 0.2) is 58.1 Å². The summed E-state index contributed by atoms with van der Waals surface area (Å²) < 4.78 is 40.6. The Bertz CT molecular complexity index is 1710. The third-order valence-corrected chi connectivity index (χ3v) is 7.13. The predicted molar refractivity (Wildman–Crippen MR) is 140 cm³/mol. The van der Waals surface area contributed by atoms with Crippen molar-refractivity contribution < 1.29 is 27.5 Å². The van der Waals surface area contributed by atoms with Crippen molar-refractivity contribution in [2.45, 2.75) is 25.1 Å². The average molecular weight is 617 g/mol. The Labute approximate surface area is 232 Å². The second kappa shape index (κ2) is 11.0. The number of aliphatic carboxylic acids is 1. The van der Waals surface area contributed by atoms with Gasteiger partial charge in [0.05, 0.1) is 34.9 Å². The minimum atomic E-state index is -5.08. The lowest BCUT2D eigenvalue weighted by Gasteiger charge is -2.22. The lowest BCUT2D eigenvalue weighted by Crippen LogP contribution is -2.25. The number of nitriles is 1. The Morgan fingerprint density at radius 2 is 2.12 bits per heavy atom. The van der Waals surface area contributed by atoms with Gasteiger partial charge in [-0.15, -0.1) is 0 Å². The molecule has 1 saturated heterocycles. The van der Waals surface area contributed by atoms with E-state index in [1.807, 2.05) is 47.5 Å². The van der Waals surface area contributed by atoms with Crippen LogP contribution in [-0.2, 0) is 4.79 Å². The van der Waals surface area contributed by atoms with Crippen LogP contribution in [0.1, 0.15) is 18.9 Å². The highest BCUT2D eigenvalue weighted by molar-refractivity contribution is 9.10. The molecule has 15 heteroatoms. The molecule has 0 radical (unpaired) electrons. The molecule has 1 aliphatic rings. The molecule has 206 valence electrons. The number of oxazole rings is 1. The summed E-state index contributed by atoms with van der Waals surface area (Å²) in [7, 11) is 0. The first-order valence-electron chi connectivity index (χ1n) is 12.0. The normalized spacial score (nSPS) is 16.1. The Morgan fingerprint density at radius 3 is 2.85 bits per heavy atom. The quantitative estimate of drug-likeness (QED) is 0.267. The first-order valence-corrected chi connectivity index (χ1v) is 12.7. The number of nitrogens with zero attached hydrogens (tertiary/aromatic N) is 7. The Hall–Kier alpha value is -4.45. The Morgan fingerprint density at radius 1 is 1.32 bits per heavy atom. The summed E-state index contributed by atoms with van der Waals surface area (Å²) in [5, 5.41) is 22.2. The molecule has 5 aromatic rings. The van der Waals surface area contributed by atoms with Crippen molar-refractivity contribution in [2.24, 2.45) is 5.92 Å². The lowest BCUT2D eigenvalue weighted by molar-refractivity contribution is -0.192. The number of anilines is 1. The van der Waals surface area contributed by atoms with E-state index in [0.29, 0.717) is 12.4 Å². The molecule has 1 aromatic carbocycles. The number of aromatic nitrogens is 6. The van der Waals surface area contributed by atoms with Crippen LogP contribution in [0.2, 0.25) is 0 Å². The summed E-state index contributed by atoms with van der Waals surface area (Å²) in [5.74, 6) is -2.51. The number of rotatable bonds is 5. The predicted octanol–water partition coefficient (Wildman–Crippen LogP) is 5.34. The highest BCUT2D eigenvalue weighted by Crippen LogP contribution is 2.36. The van der Waals surface area contributed by atoms with Crippen LogP contribution in [0.4, 0.5) is 19.2 Å². The Kier molecular flexibility index (Phi) is 7.44. The van der Waals surface area contributed by atoms with E-state index in [1.165, 1.54) is 0 Å². The zero-order chi connectivity index (χ0) is 28.4. The van der Waals surface area contributed by atoms with Gasteiger partial charge in [0.2, 0.25) is 0 Å². The molecule has 0 spiro atoms. The number of carboxylic acids is 1. The maximum atomic E-state index is 10.6. The van der Waals surface area contributed by atoms with E-state index in [4.69, 9.17) is 14.3 Å². The summed E-state index contributed by atoms with van der Waals surface area (Å²) in [5.41, 5.74) is 4.10. The molecule has 2 unspecified atom stereocenters. The van der Waals surface area contributed by atoms with Crippen LogP contribution in [-0.4, -0.2) is 60.1 Å². The summed E-state index contributed by atoms with van der Waals surface area (Å²) in [4.78, 5) is 27.5. The molecule has 11 nitrogen and oxygen atoms in total. The zero-order valence-corrected chi connectivity index (χ0v) is 22.1. The Balaban J connectivity index is 0.000000411. The highest BCUT2D eigenvalue weighted by Gasteiger charge is 2.38. The number of hydrogen-bond acceptors (Lipinski definition) is 8. The fourth-order valence-electron chi connectivity index (χ4n) is 4.63. The first-order chi connectivity index (χ1) is 19.2. The maximum absolute atomic E-state index is 10.6. The average Bonchev–Trinajstić information content (AvgIpc) is 3.72. The van der Waals surface area contributed by atoms with Crippen LogP contribution in [0.5, 0.6) is 0 Å². The summed E-state index contributed by atoms with van der Waals surface area (Å²) >= 11 is 3.53. The van der Waals surface area contributed by atoms with Gasteiger partial charge in [0, 0.05) is 42.4 Å². The topological polar surface area (TPSA) is 150 Å². The van der Waals surface area contributed by atoms with Crippen molar-refractivity contribution in [2.75, 3.05) is 18.0 Å². The summed E-state index contributed by atoms with van der Waals surface area (Å²) in [6.07, 6.45) is 3.41. The van der Waals surface area contributed by atoms with Gasteiger partial charge in [-0.3, -0.25) is 4.68 Å². The summed E-state index contributed by atoms with van der Waals surface area (Å²) in [6.45, 7) is 1.57. The second-order valence-electron chi connectivity index (χ2n) is 8.98. The fraction of sp³-hybridized carbons (Fsp3) is 0.280. The number of carboxylic acid groups (broad SMARTS) is 1. The van der Waals surface area contributed by atoms with Crippen LogP contribution in [0.25, 0.3) is 33.4 Å². The molecule has 2 atom stereocenters. The molecule has 0 amide bonds. The van der Waals surface area contributed by atoms with Gasteiger partial charge in [-0.2, -0.15) is 28.5 Å². The van der Waals surface area contributed by atoms with Gasteiger partial charge in [-0.25, -0.2) is 14.8 Å². The van der Waals surface area contributed by atoms with E-state index >= 15 is 0 Å². The van der Waals surface area contributed by atoms with Crippen LogP contribution >= 0.6 is 15.9 Å². The van der Waals surface area contributed by atoms with E-state index in [9.17, 15) is 18.4 Å². The smallest absolute Gasteiger partial charge is 0.475 e. The molecule has 1 fully saturated rings. The van der Waals surface area contributed by atoms with Gasteiger partial charge in [-0.05, 0) is 40.5 Å². The van der Waals surface area contributed by atoms with Gasteiger partial charge >= 0.3 is 12.1 Å². The van der Waals surface area contributed by atoms with E-state index in [2.05, 4.69) is 51.9 Å². The SMILES string of the molecule is N#CCC(C1CCN(c2nc3cccc(Br)c3o2)C1)n1cc(-c2ncnc3[nH]ccc23)cn1.O=C(O)C(F)(F)F. The number of H-pyrrole nitrogens is 1. The highest BCUT2D eigenvalue weighted by atomic mass is 79.9. The number of halogens is 4. The molecular formula is C25H20BrF3N8O3. The van der Waals surface area contributed by atoms with E-state index in [-0.39, 0.29) is 12.0 Å². The minimum absolute atomic E-state index is 0.0478. The second-order valence-corrected chi connectivity index (χ2v) is 9.84. The van der Waals surface area contributed by atoms with Crippen LogP contribution < -0.4 is 4.90 Å². The summed E-state index contributed by atoms with van der Waals surface area (Å²) in [6, 6.07) is 10.7. The molecular weight excluding hydrogens is 597 g/mol. The lowest BCUT2D eigenvalue weighted by atomic mass is 9.96. The van der Waals surface area contributed by atoms with Crippen molar-refractivity contribution in [1.29, 1.82) is 5.26 Å². The number of benzene rings is 1. The van der Waals surface area contributed by atoms with Crippen molar-refractivity contribution >= 4 is 50.0 Å². The van der Waals surface area contributed by atoms with Gasteiger partial charge in [0.15, 0.2) is 5.58 Å². The number of fused-ring (bicyclic) bond motifs is 2. The van der Waals surface area contributed by atoms with Gasteiger partial charge in [-0.1, -0.05) is 6.07 Å². The number of alkyl halides is 3. The molecule has 4 aromatic heterocycles. The monoisotopic (exact) mass is 616 g/mol. The van der Waals surface area contributed by atoms with E-state index in [0.717, 1.165) is 57.4 Å². The van der Waals surface area contributed by atoms with Crippen LogP contribution in [0.3, 0.4) is 0 Å². The maximum Gasteiger partial charge on any atom is 0.490 e. The number of aromatic amines is 1. The van der Waals surface area contributed by atoms with Crippen molar-refractivity contribution in [1.82, 2.24) is 29.7 Å². The number of para-hydroxylation sites is 1. The van der Waals surface area contributed by atoms with E-state index < -0.39 is 12.1 Å². The largest absolute Gasteiger partial charge is 0.490 e. The van der Waals surface area contributed by atoms with Gasteiger partial charge < -0.3 is 19.4 Å². The van der Waals surface area contributed by atoms with Crippen molar-refractivity contribution in [3.63, 3.8) is 0 Å². The molecule has 2 N–H and O–H groups in total. The van der Waals surface area contributed by atoms with E-state index in [1.54, 1.807) is 6.33 Å². The van der Waals surface area contributed by atoms with Crippen molar-refractivity contribution in [3.8, 4) is 17.3 Å². The molecule has 6 rings (SSSR count). The molecule has 1 aliphatic heterocycles. The molecule has 5 heterocycles. The molecule has 0 bridgehead atoms. The third-order valence-electron chi connectivity index (χ3n) is 6.51. The number of hydrogen-bond donors (Lipinski definition) is 2. The van der Waals surface area contributed by atoms with Gasteiger partial charge in [0.25, 0.3) is 6.01 Å². The fourth-order valence-corrected chi connectivity index (χ4v) is 5.06. The molecule has 0 saturated carbocycles. The molecule has 0 aliphatic carbocycles. The molecule has 40 heavy (non-hydrogen) atoms. The zero-order valence-electron chi connectivity index (χ0n) is 20.5. The number of nitrogens with one attached hydrogen (secondary N) is 1. The van der Waals surface area contributed by atoms with Crippen LogP contribution in [0, 0.1) is 17.2 Å². The third kappa shape index (κ3) is 5.48. The van der Waals surface area contributed by atoms with Gasteiger partial charge in [0.1, 0.15) is 17.5 Å². The standard InChI is InChI=1S/C23H19BrN8O.C2HF3O2/c24-17-2-1-3-18-21(17)33-23(30-18)31-9-6-14(11-31)19(4-7-25)32-12-15(10-29-32)20-16-5-8-26-22(16)28-13-27-20;3-2(4,5)1(6)7/h1-3,5,8,10,12-14,19H,4,6,9,11H2,(H,26,27,28);(H,6,7). The van der Waals surface area contributed by atoms with Crippen molar-refractivity contribution in [3.05, 3.63) is 53.7 Å².